The molecular formula is C29H42N2O7. The Kier molecular flexibility index (Phi) is 12.3. The Morgan fingerprint density at radius 2 is 1.50 bits per heavy atom. The topological polar surface area (TPSA) is 117 Å². The van der Waals surface area contributed by atoms with Crippen molar-refractivity contribution in [3.05, 3.63) is 55.9 Å². The van der Waals surface area contributed by atoms with Crippen LogP contribution in [0.2, 0.25) is 0 Å². The van der Waals surface area contributed by atoms with Gasteiger partial charge in [-0.05, 0) is 39.7 Å². The molecule has 1 N–H and O–H groups in total. The number of dihydropyridines is 1. The molecule has 1 aromatic carbocycles. The van der Waals surface area contributed by atoms with Gasteiger partial charge in [0.05, 0.1) is 42.8 Å². The molecule has 1 aromatic rings. The number of carbonyl (C=O) groups excluding carboxylic acids is 2. The normalized spacial score (nSPS) is 15.3. The number of nitrogens with one attached hydrogen (secondary N) is 1. The molecule has 0 saturated heterocycles. The van der Waals surface area contributed by atoms with E-state index in [1.807, 2.05) is 0 Å². The summed E-state index contributed by atoms with van der Waals surface area (Å²) < 4.78 is 16.1. The van der Waals surface area contributed by atoms with E-state index in [0.29, 0.717) is 34.7 Å². The maximum atomic E-state index is 13.2. The number of nitro benzene ring substituents is 1. The fraction of sp³-hybridized carbons (Fsp3) is 0.586. The van der Waals surface area contributed by atoms with Crippen molar-refractivity contribution in [2.24, 2.45) is 0 Å². The van der Waals surface area contributed by atoms with Crippen LogP contribution >= 0.6 is 0 Å². The fourth-order valence-corrected chi connectivity index (χ4v) is 5.14. The van der Waals surface area contributed by atoms with E-state index in [1.54, 1.807) is 20.8 Å². The van der Waals surface area contributed by atoms with E-state index in [0.717, 1.165) is 25.7 Å². The van der Waals surface area contributed by atoms with E-state index in [2.05, 4.69) is 12.2 Å². The Balaban J connectivity index is 2.63. The lowest BCUT2D eigenvalue weighted by atomic mass is 9.77. The number of methoxy groups -OCH3 is 2. The van der Waals surface area contributed by atoms with Crippen LogP contribution in [0.5, 0.6) is 5.75 Å². The number of hydrogen-bond donors (Lipinski definition) is 1. The second-order valence-electron chi connectivity index (χ2n) is 9.51. The average molecular weight is 531 g/mol. The van der Waals surface area contributed by atoms with Crippen LogP contribution < -0.4 is 10.1 Å². The molecule has 0 spiro atoms. The van der Waals surface area contributed by atoms with Gasteiger partial charge in [0, 0.05) is 28.6 Å². The summed E-state index contributed by atoms with van der Waals surface area (Å²) in [4.78, 5) is 38.0. The summed E-state index contributed by atoms with van der Waals surface area (Å²) in [7, 11) is 2.74. The lowest BCUT2D eigenvalue weighted by Crippen LogP contribution is -2.33. The first-order valence-electron chi connectivity index (χ1n) is 13.5. The summed E-state index contributed by atoms with van der Waals surface area (Å²) in [6.45, 7) is 7.46. The molecule has 2 rings (SSSR count). The molecule has 210 valence electrons. The van der Waals surface area contributed by atoms with Crippen molar-refractivity contribution in [2.45, 2.75) is 91.4 Å². The van der Waals surface area contributed by atoms with Gasteiger partial charge in [-0.2, -0.15) is 0 Å². The zero-order chi connectivity index (χ0) is 28.2. The standard InChI is InChI=1S/C29H42N2O7/c1-7-9-10-11-12-13-14-15-16-21-22(31(34)35)17-18-23(36-5)26(21)27-24(28(32)37-6)19(3)30-20(4)25(27)29(33)38-8-2/h17-18,27,30H,7-16H2,1-6H3. The minimum absolute atomic E-state index is 0.0648. The quantitative estimate of drug-likeness (QED) is 0.122. The monoisotopic (exact) mass is 530 g/mol. The highest BCUT2D eigenvalue weighted by Crippen LogP contribution is 2.46. The minimum atomic E-state index is -0.957. The molecular weight excluding hydrogens is 488 g/mol. The maximum absolute atomic E-state index is 13.2. The molecule has 0 amide bonds. The van der Waals surface area contributed by atoms with Crippen LogP contribution in [0.4, 0.5) is 5.69 Å². The van der Waals surface area contributed by atoms with Crippen molar-refractivity contribution in [3.63, 3.8) is 0 Å². The largest absolute Gasteiger partial charge is 0.496 e. The zero-order valence-electron chi connectivity index (χ0n) is 23.6. The smallest absolute Gasteiger partial charge is 0.336 e. The van der Waals surface area contributed by atoms with Gasteiger partial charge in [-0.3, -0.25) is 10.1 Å². The summed E-state index contributed by atoms with van der Waals surface area (Å²) >= 11 is 0. The molecule has 0 radical (unpaired) electrons. The summed E-state index contributed by atoms with van der Waals surface area (Å²) in [5.41, 5.74) is 2.21. The molecule has 1 aliphatic heterocycles. The molecule has 1 unspecified atom stereocenters. The zero-order valence-corrected chi connectivity index (χ0v) is 23.6. The molecule has 9 heteroatoms. The molecule has 9 nitrogen and oxygen atoms in total. The number of hydrogen-bond acceptors (Lipinski definition) is 8. The molecule has 1 aliphatic rings. The first kappa shape index (κ1) is 30.9. The van der Waals surface area contributed by atoms with E-state index in [9.17, 15) is 19.7 Å². The Morgan fingerprint density at radius 1 is 0.921 bits per heavy atom. The van der Waals surface area contributed by atoms with Gasteiger partial charge in [0.1, 0.15) is 5.75 Å². The number of benzene rings is 1. The van der Waals surface area contributed by atoms with Crippen molar-refractivity contribution in [2.75, 3.05) is 20.8 Å². The fourth-order valence-electron chi connectivity index (χ4n) is 5.14. The van der Waals surface area contributed by atoms with Crippen LogP contribution in [0, 0.1) is 10.1 Å². The number of allylic oxidation sites excluding steroid dienone is 2. The van der Waals surface area contributed by atoms with Gasteiger partial charge in [0.15, 0.2) is 0 Å². The van der Waals surface area contributed by atoms with Gasteiger partial charge in [-0.15, -0.1) is 0 Å². The molecule has 38 heavy (non-hydrogen) atoms. The number of rotatable bonds is 15. The Morgan fingerprint density at radius 3 is 2.03 bits per heavy atom. The van der Waals surface area contributed by atoms with Gasteiger partial charge in [0.25, 0.3) is 5.69 Å². The molecule has 1 heterocycles. The molecule has 0 saturated carbocycles. The van der Waals surface area contributed by atoms with Gasteiger partial charge in [-0.25, -0.2) is 9.59 Å². The minimum Gasteiger partial charge on any atom is -0.496 e. The highest BCUT2D eigenvalue weighted by Gasteiger charge is 2.41. The third-order valence-corrected chi connectivity index (χ3v) is 6.94. The van der Waals surface area contributed by atoms with E-state index in [1.165, 1.54) is 52.0 Å². The molecule has 1 atom stereocenters. The lowest BCUT2D eigenvalue weighted by Gasteiger charge is -2.32. The Labute approximate surface area is 225 Å². The van der Waals surface area contributed by atoms with Crippen LogP contribution in [0.1, 0.15) is 96.1 Å². The maximum Gasteiger partial charge on any atom is 0.336 e. The van der Waals surface area contributed by atoms with Crippen LogP contribution in [0.25, 0.3) is 0 Å². The third-order valence-electron chi connectivity index (χ3n) is 6.94. The summed E-state index contributed by atoms with van der Waals surface area (Å²) in [6, 6.07) is 2.95. The van der Waals surface area contributed by atoms with Crippen LogP contribution in [0.15, 0.2) is 34.7 Å². The highest BCUT2D eigenvalue weighted by molar-refractivity contribution is 6.00. The SMILES string of the molecule is CCCCCCCCCCc1c([N+](=O)[O-])ccc(OC)c1C1C(C(=O)OC)=C(C)NC(C)=C1C(=O)OCC. The van der Waals surface area contributed by atoms with Gasteiger partial charge < -0.3 is 19.5 Å². The van der Waals surface area contributed by atoms with E-state index in [-0.39, 0.29) is 23.4 Å². The Bertz CT molecular complexity index is 1070. The number of carbonyl (C=O) groups is 2. The van der Waals surface area contributed by atoms with Crippen molar-refractivity contribution in [1.29, 1.82) is 0 Å². The van der Waals surface area contributed by atoms with Gasteiger partial charge >= 0.3 is 11.9 Å². The predicted molar refractivity (Wildman–Crippen MR) is 146 cm³/mol. The van der Waals surface area contributed by atoms with Crippen LogP contribution in [0.3, 0.4) is 0 Å². The number of unbranched alkanes of at least 4 members (excludes halogenated alkanes) is 7. The predicted octanol–water partition coefficient (Wildman–Crippen LogP) is 6.26. The lowest BCUT2D eigenvalue weighted by molar-refractivity contribution is -0.385. The third kappa shape index (κ3) is 7.36. The number of ether oxygens (including phenoxy) is 3. The molecule has 0 bridgehead atoms. The van der Waals surface area contributed by atoms with Crippen LogP contribution in [-0.2, 0) is 25.5 Å². The van der Waals surface area contributed by atoms with E-state index < -0.39 is 22.8 Å². The van der Waals surface area contributed by atoms with Gasteiger partial charge in [0.2, 0.25) is 0 Å². The highest BCUT2D eigenvalue weighted by atomic mass is 16.6. The number of esters is 2. The summed E-state index contributed by atoms with van der Waals surface area (Å²) in [6.07, 6.45) is 9.08. The van der Waals surface area contributed by atoms with Crippen molar-refractivity contribution in [1.82, 2.24) is 5.32 Å². The molecule has 0 aromatic heterocycles. The number of nitro groups is 1. The first-order chi connectivity index (χ1) is 18.2. The first-order valence-corrected chi connectivity index (χ1v) is 13.5. The van der Waals surface area contributed by atoms with Crippen LogP contribution in [-0.4, -0.2) is 37.7 Å². The average Bonchev–Trinajstić information content (AvgIpc) is 2.88. The van der Waals surface area contributed by atoms with Gasteiger partial charge in [-0.1, -0.05) is 51.9 Å². The number of nitrogens with zero attached hydrogens (tertiary/aromatic N) is 1. The Hall–Kier alpha value is -3.36. The molecule has 0 aliphatic carbocycles. The second-order valence-corrected chi connectivity index (χ2v) is 9.51. The van der Waals surface area contributed by atoms with Crippen molar-refractivity contribution < 1.29 is 28.7 Å². The summed E-state index contributed by atoms with van der Waals surface area (Å²) in [5.74, 6) is -1.84. The van der Waals surface area contributed by atoms with E-state index in [4.69, 9.17) is 14.2 Å². The second kappa shape index (κ2) is 15.1. The van der Waals surface area contributed by atoms with Crippen molar-refractivity contribution >= 4 is 17.6 Å². The summed E-state index contributed by atoms with van der Waals surface area (Å²) in [5, 5.41) is 15.2. The molecule has 0 fully saturated rings. The van der Waals surface area contributed by atoms with Crippen molar-refractivity contribution in [3.8, 4) is 5.75 Å². The van der Waals surface area contributed by atoms with E-state index >= 15 is 0 Å².